The third-order valence-corrected chi connectivity index (χ3v) is 5.43. The van der Waals surface area contributed by atoms with Gasteiger partial charge in [-0.15, -0.1) is 0 Å². The van der Waals surface area contributed by atoms with Gasteiger partial charge in [0.1, 0.15) is 17.2 Å². The second-order valence-electron chi connectivity index (χ2n) is 7.06. The van der Waals surface area contributed by atoms with Crippen LogP contribution in [-0.2, 0) is 6.42 Å². The standard InChI is InChI=1S/C24H21F2NO3/c1-29-20-13-16-11-12-27(24(28)22-18(25)9-6-10-19(22)26)23(15-7-4-3-5-8-15)17(16)14-21(20)30-2/h3-10,13-14,23H,11-12H2,1-2H3. The Labute approximate surface area is 173 Å². The van der Waals surface area contributed by atoms with Crippen LogP contribution >= 0.6 is 0 Å². The van der Waals surface area contributed by atoms with E-state index < -0.39 is 29.1 Å². The summed E-state index contributed by atoms with van der Waals surface area (Å²) in [6.07, 6.45) is 0.529. The van der Waals surface area contributed by atoms with Crippen molar-refractivity contribution in [2.45, 2.75) is 12.5 Å². The summed E-state index contributed by atoms with van der Waals surface area (Å²) in [4.78, 5) is 14.8. The summed E-state index contributed by atoms with van der Waals surface area (Å²) in [6, 6.07) is 16.1. The normalized spacial score (nSPS) is 15.5. The Morgan fingerprint density at radius 1 is 0.933 bits per heavy atom. The fourth-order valence-corrected chi connectivity index (χ4v) is 4.01. The summed E-state index contributed by atoms with van der Waals surface area (Å²) in [7, 11) is 3.11. The molecule has 6 heteroatoms. The minimum absolute atomic E-state index is 0.314. The number of carbonyl (C=O) groups excluding carboxylic acids is 1. The lowest BCUT2D eigenvalue weighted by Gasteiger charge is -2.38. The first-order valence-corrected chi connectivity index (χ1v) is 9.60. The predicted octanol–water partition coefficient (Wildman–Crippen LogP) is 4.77. The van der Waals surface area contributed by atoms with Crippen molar-refractivity contribution < 1.29 is 23.0 Å². The number of rotatable bonds is 4. The monoisotopic (exact) mass is 409 g/mol. The van der Waals surface area contributed by atoms with Crippen molar-refractivity contribution in [1.29, 1.82) is 0 Å². The molecule has 4 rings (SSSR count). The van der Waals surface area contributed by atoms with Crippen molar-refractivity contribution in [3.8, 4) is 11.5 Å². The van der Waals surface area contributed by atoms with Gasteiger partial charge in [0.2, 0.25) is 0 Å². The molecule has 154 valence electrons. The molecule has 1 heterocycles. The Kier molecular flexibility index (Phi) is 5.40. The van der Waals surface area contributed by atoms with Crippen LogP contribution < -0.4 is 9.47 Å². The molecule has 4 nitrogen and oxygen atoms in total. The van der Waals surface area contributed by atoms with Crippen molar-refractivity contribution in [3.63, 3.8) is 0 Å². The van der Waals surface area contributed by atoms with Crippen LogP contribution in [0, 0.1) is 11.6 Å². The highest BCUT2D eigenvalue weighted by Gasteiger charge is 2.35. The minimum atomic E-state index is -0.870. The van der Waals surface area contributed by atoms with E-state index in [2.05, 4.69) is 0 Å². The quantitative estimate of drug-likeness (QED) is 0.623. The first-order valence-electron chi connectivity index (χ1n) is 9.60. The summed E-state index contributed by atoms with van der Waals surface area (Å²) in [5, 5.41) is 0. The van der Waals surface area contributed by atoms with Crippen LogP contribution in [0.1, 0.15) is 33.1 Å². The summed E-state index contributed by atoms with van der Waals surface area (Å²) < 4.78 is 39.6. The van der Waals surface area contributed by atoms with Gasteiger partial charge < -0.3 is 14.4 Å². The number of benzene rings is 3. The molecule has 0 spiro atoms. The first-order chi connectivity index (χ1) is 14.5. The smallest absolute Gasteiger partial charge is 0.260 e. The molecule has 1 atom stereocenters. The second kappa shape index (κ2) is 8.14. The lowest BCUT2D eigenvalue weighted by atomic mass is 9.87. The largest absolute Gasteiger partial charge is 0.493 e. The zero-order valence-corrected chi connectivity index (χ0v) is 16.7. The molecule has 0 saturated carbocycles. The van der Waals surface area contributed by atoms with Gasteiger partial charge in [-0.2, -0.15) is 0 Å². The van der Waals surface area contributed by atoms with Crippen molar-refractivity contribution in [2.24, 2.45) is 0 Å². The Morgan fingerprint density at radius 2 is 1.57 bits per heavy atom. The van der Waals surface area contributed by atoms with Gasteiger partial charge in [-0.05, 0) is 47.4 Å². The number of halogens is 2. The number of ether oxygens (including phenoxy) is 2. The average molecular weight is 409 g/mol. The number of nitrogens with zero attached hydrogens (tertiary/aromatic N) is 1. The maximum atomic E-state index is 14.4. The molecule has 0 aliphatic carbocycles. The fourth-order valence-electron chi connectivity index (χ4n) is 4.01. The van der Waals surface area contributed by atoms with Crippen LogP contribution in [-0.4, -0.2) is 31.6 Å². The minimum Gasteiger partial charge on any atom is -0.493 e. The van der Waals surface area contributed by atoms with Gasteiger partial charge in [0.05, 0.1) is 20.3 Å². The molecular formula is C24H21F2NO3. The predicted molar refractivity (Wildman–Crippen MR) is 109 cm³/mol. The Hall–Kier alpha value is -3.41. The van der Waals surface area contributed by atoms with E-state index in [4.69, 9.17) is 9.47 Å². The van der Waals surface area contributed by atoms with E-state index in [1.54, 1.807) is 14.2 Å². The van der Waals surface area contributed by atoms with E-state index >= 15 is 0 Å². The number of hydrogen-bond acceptors (Lipinski definition) is 3. The molecule has 3 aromatic rings. The number of carbonyl (C=O) groups is 1. The number of hydrogen-bond donors (Lipinski definition) is 0. The zero-order chi connectivity index (χ0) is 21.3. The highest BCUT2D eigenvalue weighted by molar-refractivity contribution is 5.95. The Morgan fingerprint density at radius 3 is 2.20 bits per heavy atom. The number of amides is 1. The van der Waals surface area contributed by atoms with Crippen LogP contribution in [0.25, 0.3) is 0 Å². The zero-order valence-electron chi connectivity index (χ0n) is 16.7. The summed E-state index contributed by atoms with van der Waals surface area (Å²) >= 11 is 0. The molecule has 0 fully saturated rings. The molecule has 0 N–H and O–H groups in total. The van der Waals surface area contributed by atoms with Gasteiger partial charge in [0.15, 0.2) is 11.5 Å². The molecule has 0 saturated heterocycles. The second-order valence-corrected chi connectivity index (χ2v) is 7.06. The van der Waals surface area contributed by atoms with Crippen LogP contribution in [0.3, 0.4) is 0 Å². The van der Waals surface area contributed by atoms with E-state index in [9.17, 15) is 13.6 Å². The molecule has 0 bridgehead atoms. The molecule has 3 aromatic carbocycles. The molecule has 30 heavy (non-hydrogen) atoms. The summed E-state index contributed by atoms with van der Waals surface area (Å²) in [5.41, 5.74) is 2.15. The van der Waals surface area contributed by atoms with Crippen molar-refractivity contribution >= 4 is 5.91 Å². The van der Waals surface area contributed by atoms with Gasteiger partial charge in [-0.3, -0.25) is 4.79 Å². The maximum absolute atomic E-state index is 14.4. The van der Waals surface area contributed by atoms with Gasteiger partial charge >= 0.3 is 0 Å². The first kappa shape index (κ1) is 19.9. The molecule has 0 radical (unpaired) electrons. The molecular weight excluding hydrogens is 388 g/mol. The molecule has 1 aliphatic rings. The summed E-state index contributed by atoms with van der Waals surface area (Å²) in [6.45, 7) is 0.314. The van der Waals surface area contributed by atoms with Gasteiger partial charge in [-0.25, -0.2) is 8.78 Å². The molecule has 0 aromatic heterocycles. The SMILES string of the molecule is COc1cc2c(cc1OC)C(c1ccccc1)N(C(=O)c1c(F)cccc1F)CC2. The lowest BCUT2D eigenvalue weighted by Crippen LogP contribution is -2.41. The van der Waals surface area contributed by atoms with E-state index in [1.807, 2.05) is 42.5 Å². The maximum Gasteiger partial charge on any atom is 0.260 e. The van der Waals surface area contributed by atoms with Crippen LogP contribution in [0.5, 0.6) is 11.5 Å². The van der Waals surface area contributed by atoms with Crippen molar-refractivity contribution in [3.05, 3.63) is 94.6 Å². The average Bonchev–Trinajstić information content (AvgIpc) is 2.77. The van der Waals surface area contributed by atoms with Crippen molar-refractivity contribution in [2.75, 3.05) is 20.8 Å². The summed E-state index contributed by atoms with van der Waals surface area (Å²) in [5.74, 6) is -1.29. The van der Waals surface area contributed by atoms with Gasteiger partial charge in [0.25, 0.3) is 5.91 Å². The van der Waals surface area contributed by atoms with E-state index in [1.165, 1.54) is 11.0 Å². The number of methoxy groups -OCH3 is 2. The third kappa shape index (κ3) is 3.38. The van der Waals surface area contributed by atoms with E-state index in [-0.39, 0.29) is 0 Å². The Bertz CT molecular complexity index is 1070. The third-order valence-electron chi connectivity index (χ3n) is 5.43. The van der Waals surface area contributed by atoms with E-state index in [0.29, 0.717) is 24.5 Å². The topological polar surface area (TPSA) is 38.8 Å². The number of fused-ring (bicyclic) bond motifs is 1. The van der Waals surface area contributed by atoms with Crippen LogP contribution in [0.15, 0.2) is 60.7 Å². The molecule has 1 amide bonds. The molecule has 1 unspecified atom stereocenters. The molecule has 1 aliphatic heterocycles. The highest BCUT2D eigenvalue weighted by Crippen LogP contribution is 2.41. The van der Waals surface area contributed by atoms with Gasteiger partial charge in [0, 0.05) is 6.54 Å². The van der Waals surface area contributed by atoms with Crippen LogP contribution in [0.4, 0.5) is 8.78 Å². The highest BCUT2D eigenvalue weighted by atomic mass is 19.1. The fraction of sp³-hybridized carbons (Fsp3) is 0.208. The lowest BCUT2D eigenvalue weighted by molar-refractivity contribution is 0.0684. The van der Waals surface area contributed by atoms with Gasteiger partial charge in [-0.1, -0.05) is 36.4 Å². The van der Waals surface area contributed by atoms with Crippen LogP contribution in [0.2, 0.25) is 0 Å². The Balaban J connectivity index is 1.87. The van der Waals surface area contributed by atoms with E-state index in [0.717, 1.165) is 28.8 Å². The van der Waals surface area contributed by atoms with Crippen molar-refractivity contribution in [1.82, 2.24) is 4.90 Å².